The van der Waals surface area contributed by atoms with E-state index in [-0.39, 0.29) is 11.5 Å². The molecule has 0 fully saturated rings. The van der Waals surface area contributed by atoms with E-state index in [0.29, 0.717) is 17.2 Å². The van der Waals surface area contributed by atoms with Gasteiger partial charge in [-0.15, -0.1) is 5.10 Å². The normalized spacial score (nSPS) is 10.5. The zero-order chi connectivity index (χ0) is 14.8. The van der Waals surface area contributed by atoms with Crippen LogP contribution in [0.5, 0.6) is 0 Å². The number of rotatable bonds is 3. The summed E-state index contributed by atoms with van der Waals surface area (Å²) in [5.41, 5.74) is 6.08. The van der Waals surface area contributed by atoms with Crippen molar-refractivity contribution in [1.82, 2.24) is 24.7 Å². The molecule has 9 heteroatoms. The molecule has 0 amide bonds. The lowest BCUT2D eigenvalue weighted by Crippen LogP contribution is -2.02. The third-order valence-corrected chi connectivity index (χ3v) is 2.68. The Balaban J connectivity index is 1.98. The summed E-state index contributed by atoms with van der Waals surface area (Å²) in [5, 5.41) is 15.0. The van der Waals surface area contributed by atoms with Gasteiger partial charge in [0.05, 0.1) is 17.3 Å². The molecule has 21 heavy (non-hydrogen) atoms. The molecule has 0 saturated heterocycles. The van der Waals surface area contributed by atoms with Crippen LogP contribution >= 0.6 is 0 Å². The summed E-state index contributed by atoms with van der Waals surface area (Å²) in [5.74, 6) is 1.03. The molecular formula is C12H9N7O2. The van der Waals surface area contributed by atoms with Crippen molar-refractivity contribution in [3.63, 3.8) is 0 Å². The van der Waals surface area contributed by atoms with Crippen molar-refractivity contribution in [3.05, 3.63) is 53.1 Å². The van der Waals surface area contributed by atoms with Gasteiger partial charge in [0.1, 0.15) is 12.1 Å². The van der Waals surface area contributed by atoms with Gasteiger partial charge in [-0.2, -0.15) is 0 Å². The molecule has 3 aromatic rings. The van der Waals surface area contributed by atoms with Crippen molar-refractivity contribution in [1.29, 1.82) is 0 Å². The molecular weight excluding hydrogens is 274 g/mol. The fourth-order valence-corrected chi connectivity index (χ4v) is 1.74. The first kappa shape index (κ1) is 12.7. The molecule has 9 nitrogen and oxygen atoms in total. The van der Waals surface area contributed by atoms with Crippen LogP contribution in [0.1, 0.15) is 0 Å². The topological polar surface area (TPSA) is 126 Å². The summed E-state index contributed by atoms with van der Waals surface area (Å²) in [6.45, 7) is 0. The van der Waals surface area contributed by atoms with E-state index in [9.17, 15) is 10.1 Å². The first-order valence-electron chi connectivity index (χ1n) is 5.88. The van der Waals surface area contributed by atoms with Crippen LogP contribution in [0.25, 0.3) is 17.2 Å². The van der Waals surface area contributed by atoms with E-state index in [1.54, 1.807) is 12.1 Å². The lowest BCUT2D eigenvalue weighted by atomic mass is 10.2. The molecule has 0 radical (unpaired) electrons. The summed E-state index contributed by atoms with van der Waals surface area (Å²) in [4.78, 5) is 22.4. The van der Waals surface area contributed by atoms with Gasteiger partial charge in [-0.25, -0.2) is 14.6 Å². The van der Waals surface area contributed by atoms with Gasteiger partial charge >= 0.3 is 0 Å². The molecule has 0 spiro atoms. The Morgan fingerprint density at radius 1 is 1.29 bits per heavy atom. The molecule has 2 N–H and O–H groups in total. The minimum absolute atomic E-state index is 0.0207. The van der Waals surface area contributed by atoms with Gasteiger partial charge in [0.25, 0.3) is 5.69 Å². The fraction of sp³-hybridized carbons (Fsp3) is 0. The molecule has 2 aromatic heterocycles. The number of aromatic nitrogens is 5. The molecule has 0 aliphatic heterocycles. The maximum absolute atomic E-state index is 10.8. The van der Waals surface area contributed by atoms with Crippen LogP contribution in [-0.2, 0) is 0 Å². The van der Waals surface area contributed by atoms with E-state index < -0.39 is 4.92 Å². The summed E-state index contributed by atoms with van der Waals surface area (Å²) in [6.07, 6.45) is 4.35. The summed E-state index contributed by atoms with van der Waals surface area (Å²) >= 11 is 0. The van der Waals surface area contributed by atoms with Crippen LogP contribution in [0.3, 0.4) is 0 Å². The average Bonchev–Trinajstić information content (AvgIpc) is 2.97. The van der Waals surface area contributed by atoms with E-state index in [0.717, 1.165) is 0 Å². The molecule has 0 unspecified atom stereocenters. The first-order valence-corrected chi connectivity index (χ1v) is 5.88. The summed E-state index contributed by atoms with van der Waals surface area (Å²) in [6, 6.07) is 6.08. The van der Waals surface area contributed by atoms with Crippen molar-refractivity contribution < 1.29 is 4.92 Å². The van der Waals surface area contributed by atoms with Crippen LogP contribution in [0.2, 0.25) is 0 Å². The highest BCUT2D eigenvalue weighted by Crippen LogP contribution is 2.20. The van der Waals surface area contributed by atoms with Gasteiger partial charge in [0, 0.05) is 17.7 Å². The SMILES string of the molecule is Nc1cncc(-n2cnc(-c3cccc([N+](=O)[O-])c3)n2)n1. The maximum atomic E-state index is 10.8. The lowest BCUT2D eigenvalue weighted by Gasteiger charge is -1.99. The van der Waals surface area contributed by atoms with E-state index in [2.05, 4.69) is 20.1 Å². The molecule has 0 atom stereocenters. The van der Waals surface area contributed by atoms with Crippen molar-refractivity contribution in [3.8, 4) is 17.2 Å². The predicted octanol–water partition coefficient (Wildman–Crippen LogP) is 1.21. The Morgan fingerprint density at radius 3 is 2.90 bits per heavy atom. The standard InChI is InChI=1S/C12H9N7O2/c13-10-5-14-6-11(16-10)18-7-15-12(17-18)8-2-1-3-9(4-8)19(20)21/h1-7H,(H2,13,16). The van der Waals surface area contributed by atoms with Gasteiger partial charge in [-0.3, -0.25) is 15.1 Å². The second-order valence-corrected chi connectivity index (χ2v) is 4.12. The summed E-state index contributed by atoms with van der Waals surface area (Å²) < 4.78 is 1.40. The highest BCUT2D eigenvalue weighted by atomic mass is 16.6. The van der Waals surface area contributed by atoms with Gasteiger partial charge in [-0.05, 0) is 0 Å². The fourth-order valence-electron chi connectivity index (χ4n) is 1.74. The van der Waals surface area contributed by atoms with Gasteiger partial charge < -0.3 is 5.73 Å². The molecule has 2 heterocycles. The number of anilines is 1. The Kier molecular flexibility index (Phi) is 2.99. The maximum Gasteiger partial charge on any atom is 0.270 e. The van der Waals surface area contributed by atoms with Crippen molar-refractivity contribution in [2.45, 2.75) is 0 Å². The average molecular weight is 283 g/mol. The largest absolute Gasteiger partial charge is 0.382 e. The molecule has 0 aliphatic carbocycles. The monoisotopic (exact) mass is 283 g/mol. The number of benzene rings is 1. The van der Waals surface area contributed by atoms with Crippen molar-refractivity contribution in [2.75, 3.05) is 5.73 Å². The summed E-state index contributed by atoms with van der Waals surface area (Å²) in [7, 11) is 0. The van der Waals surface area contributed by atoms with Crippen molar-refractivity contribution >= 4 is 11.5 Å². The second kappa shape index (κ2) is 4.96. The van der Waals surface area contributed by atoms with E-state index in [1.807, 2.05) is 0 Å². The Morgan fingerprint density at radius 2 is 2.14 bits per heavy atom. The molecule has 3 rings (SSSR count). The van der Waals surface area contributed by atoms with Crippen molar-refractivity contribution in [2.24, 2.45) is 0 Å². The number of nitrogens with zero attached hydrogens (tertiary/aromatic N) is 6. The number of nitrogen functional groups attached to an aromatic ring is 1. The van der Waals surface area contributed by atoms with E-state index >= 15 is 0 Å². The molecule has 0 saturated carbocycles. The molecule has 0 bridgehead atoms. The van der Waals surface area contributed by atoms with E-state index in [1.165, 1.54) is 35.5 Å². The van der Waals surface area contributed by atoms with Crippen LogP contribution in [0.4, 0.5) is 11.5 Å². The molecule has 0 aliphatic rings. The third-order valence-electron chi connectivity index (χ3n) is 2.68. The number of hydrogen-bond donors (Lipinski definition) is 1. The van der Waals surface area contributed by atoms with Crippen LogP contribution in [-0.4, -0.2) is 29.7 Å². The number of non-ortho nitro benzene ring substituents is 1. The van der Waals surface area contributed by atoms with Crippen LogP contribution in [0, 0.1) is 10.1 Å². The predicted molar refractivity (Wildman–Crippen MR) is 73.5 cm³/mol. The second-order valence-electron chi connectivity index (χ2n) is 4.12. The van der Waals surface area contributed by atoms with Crippen LogP contribution < -0.4 is 5.73 Å². The van der Waals surface area contributed by atoms with Gasteiger partial charge in [0.2, 0.25) is 0 Å². The number of nitro benzene ring substituents is 1. The molecule has 104 valence electrons. The van der Waals surface area contributed by atoms with Gasteiger partial charge in [-0.1, -0.05) is 12.1 Å². The minimum atomic E-state index is -0.468. The smallest absolute Gasteiger partial charge is 0.270 e. The minimum Gasteiger partial charge on any atom is -0.382 e. The quantitative estimate of drug-likeness (QED) is 0.565. The Bertz CT molecular complexity index is 815. The zero-order valence-corrected chi connectivity index (χ0v) is 10.6. The van der Waals surface area contributed by atoms with Gasteiger partial charge in [0.15, 0.2) is 11.6 Å². The third kappa shape index (κ3) is 2.52. The lowest BCUT2D eigenvalue weighted by molar-refractivity contribution is -0.384. The number of nitrogens with two attached hydrogens (primary N) is 1. The Labute approximate surface area is 118 Å². The first-order chi connectivity index (χ1) is 10.1. The highest BCUT2D eigenvalue weighted by Gasteiger charge is 2.11. The number of nitro groups is 1. The highest BCUT2D eigenvalue weighted by molar-refractivity contribution is 5.58. The van der Waals surface area contributed by atoms with Crippen LogP contribution in [0.15, 0.2) is 43.0 Å². The Hall–Kier alpha value is -3.36. The molecule has 1 aromatic carbocycles. The zero-order valence-electron chi connectivity index (χ0n) is 10.6. The number of hydrogen-bond acceptors (Lipinski definition) is 7. The van der Waals surface area contributed by atoms with E-state index in [4.69, 9.17) is 5.73 Å².